The number of carbonyl (C=O) groups is 1. The van der Waals surface area contributed by atoms with Crippen LogP contribution in [0.5, 0.6) is 5.75 Å². The molecule has 2 aromatic carbocycles. The lowest BCUT2D eigenvalue weighted by atomic mass is 10.0. The average molecular weight is 450 g/mol. The summed E-state index contributed by atoms with van der Waals surface area (Å²) in [7, 11) is 0. The summed E-state index contributed by atoms with van der Waals surface area (Å²) in [6.07, 6.45) is 0.328. The number of nitrogens with one attached hydrogen (secondary N) is 1. The average Bonchev–Trinajstić information content (AvgIpc) is 3.17. The Morgan fingerprint density at radius 3 is 2.48 bits per heavy atom. The van der Waals surface area contributed by atoms with Crippen molar-refractivity contribution in [3.8, 4) is 5.75 Å². The first-order chi connectivity index (χ1) is 16.1. The predicted molar refractivity (Wildman–Crippen MR) is 125 cm³/mol. The quantitative estimate of drug-likeness (QED) is 0.538. The van der Waals surface area contributed by atoms with Crippen LogP contribution < -0.4 is 10.1 Å². The number of hydrogen-bond acceptors (Lipinski definition) is 6. The van der Waals surface area contributed by atoms with Gasteiger partial charge in [0, 0.05) is 19.6 Å². The molecule has 1 atom stereocenters. The van der Waals surface area contributed by atoms with Gasteiger partial charge in [0.1, 0.15) is 18.1 Å². The predicted octanol–water partition coefficient (Wildman–Crippen LogP) is 3.60. The summed E-state index contributed by atoms with van der Waals surface area (Å²) >= 11 is 0. The molecule has 0 radical (unpaired) electrons. The van der Waals surface area contributed by atoms with Crippen LogP contribution in [0, 0.1) is 13.8 Å². The van der Waals surface area contributed by atoms with Crippen LogP contribution >= 0.6 is 0 Å². The van der Waals surface area contributed by atoms with Crippen molar-refractivity contribution >= 4 is 5.91 Å². The highest BCUT2D eigenvalue weighted by Crippen LogP contribution is 2.21. The van der Waals surface area contributed by atoms with Gasteiger partial charge >= 0.3 is 0 Å². The summed E-state index contributed by atoms with van der Waals surface area (Å²) < 4.78 is 16.5. The topological polar surface area (TPSA) is 76.8 Å². The molecule has 0 bridgehead atoms. The van der Waals surface area contributed by atoms with E-state index in [1.54, 1.807) is 0 Å². The van der Waals surface area contributed by atoms with Crippen molar-refractivity contribution in [1.82, 2.24) is 15.4 Å². The number of nitrogens with zero attached hydrogens (tertiary/aromatic N) is 2. The number of rotatable bonds is 9. The van der Waals surface area contributed by atoms with Crippen LogP contribution in [-0.2, 0) is 22.6 Å². The highest BCUT2D eigenvalue weighted by atomic mass is 16.5. The zero-order valence-corrected chi connectivity index (χ0v) is 19.3. The molecule has 7 heteroatoms. The molecular formula is C26H31N3O4. The summed E-state index contributed by atoms with van der Waals surface area (Å²) in [5.74, 6) is 1.52. The Morgan fingerprint density at radius 1 is 1.09 bits per heavy atom. The van der Waals surface area contributed by atoms with E-state index in [1.165, 1.54) is 5.56 Å². The van der Waals surface area contributed by atoms with Crippen molar-refractivity contribution < 1.29 is 18.8 Å². The fourth-order valence-corrected chi connectivity index (χ4v) is 4.05. The van der Waals surface area contributed by atoms with Gasteiger partial charge in [-0.25, -0.2) is 0 Å². The number of morpholine rings is 1. The SMILES string of the molecule is Cc1noc(C)c1COc1ccc(CC(=O)NC[C@@H](c2ccccc2)N2CCOCC2)cc1. The molecule has 174 valence electrons. The van der Waals surface area contributed by atoms with Gasteiger partial charge in [0.2, 0.25) is 5.91 Å². The molecule has 1 fully saturated rings. The van der Waals surface area contributed by atoms with E-state index in [0.29, 0.717) is 19.6 Å². The molecule has 0 aliphatic carbocycles. The molecule has 2 heterocycles. The van der Waals surface area contributed by atoms with E-state index in [1.807, 2.05) is 56.3 Å². The van der Waals surface area contributed by atoms with Crippen LogP contribution in [0.25, 0.3) is 0 Å². The van der Waals surface area contributed by atoms with E-state index in [4.69, 9.17) is 14.0 Å². The Hall–Kier alpha value is -3.16. The molecular weight excluding hydrogens is 418 g/mol. The number of benzene rings is 2. The van der Waals surface area contributed by atoms with Crippen LogP contribution in [0.15, 0.2) is 59.1 Å². The third kappa shape index (κ3) is 6.21. The van der Waals surface area contributed by atoms with Gasteiger partial charge in [-0.1, -0.05) is 47.6 Å². The van der Waals surface area contributed by atoms with Crippen LogP contribution in [0.3, 0.4) is 0 Å². The van der Waals surface area contributed by atoms with Crippen LogP contribution in [0.2, 0.25) is 0 Å². The van der Waals surface area contributed by atoms with Gasteiger partial charge in [-0.3, -0.25) is 9.69 Å². The summed E-state index contributed by atoms with van der Waals surface area (Å²) in [5.41, 5.74) is 3.96. The van der Waals surface area contributed by atoms with E-state index >= 15 is 0 Å². The summed E-state index contributed by atoms with van der Waals surface area (Å²) in [6.45, 7) is 7.94. The smallest absolute Gasteiger partial charge is 0.224 e. The second-order valence-electron chi connectivity index (χ2n) is 8.29. The van der Waals surface area contributed by atoms with Crippen molar-refractivity contribution in [2.75, 3.05) is 32.8 Å². The molecule has 1 aliphatic heterocycles. The number of aryl methyl sites for hydroxylation is 2. The van der Waals surface area contributed by atoms with Gasteiger partial charge < -0.3 is 19.3 Å². The second kappa shape index (κ2) is 11.1. The Bertz CT molecular complexity index is 1010. The number of aromatic nitrogens is 1. The van der Waals surface area contributed by atoms with E-state index in [-0.39, 0.29) is 11.9 Å². The minimum atomic E-state index is 0.00794. The first-order valence-electron chi connectivity index (χ1n) is 11.4. The molecule has 1 saturated heterocycles. The summed E-state index contributed by atoms with van der Waals surface area (Å²) in [6, 6.07) is 18.1. The lowest BCUT2D eigenvalue weighted by Gasteiger charge is -2.35. The van der Waals surface area contributed by atoms with Gasteiger partial charge in [-0.05, 0) is 37.1 Å². The highest BCUT2D eigenvalue weighted by Gasteiger charge is 2.23. The molecule has 4 rings (SSSR count). The van der Waals surface area contributed by atoms with Gasteiger partial charge in [0.15, 0.2) is 0 Å². The summed E-state index contributed by atoms with van der Waals surface area (Å²) in [5, 5.41) is 7.07. The number of ether oxygens (including phenoxy) is 2. The molecule has 1 aromatic heterocycles. The maximum absolute atomic E-state index is 12.7. The van der Waals surface area contributed by atoms with Gasteiger partial charge in [0.25, 0.3) is 0 Å². The standard InChI is InChI=1S/C26H31N3O4/c1-19-24(20(2)33-28-19)18-32-23-10-8-21(9-11-23)16-26(30)27-17-25(22-6-4-3-5-7-22)29-12-14-31-15-13-29/h3-11,25H,12-18H2,1-2H3,(H,27,30)/t25-/m0/s1. The van der Waals surface area contributed by atoms with Crippen LogP contribution in [-0.4, -0.2) is 48.8 Å². The monoisotopic (exact) mass is 449 g/mol. The van der Waals surface area contributed by atoms with E-state index in [0.717, 1.165) is 54.6 Å². The molecule has 0 saturated carbocycles. The first-order valence-corrected chi connectivity index (χ1v) is 11.4. The lowest BCUT2D eigenvalue weighted by Crippen LogP contribution is -2.44. The van der Waals surface area contributed by atoms with Gasteiger partial charge in [-0.15, -0.1) is 0 Å². The Balaban J connectivity index is 1.30. The zero-order chi connectivity index (χ0) is 23.0. The fraction of sp³-hybridized carbons (Fsp3) is 0.385. The largest absolute Gasteiger partial charge is 0.489 e. The van der Waals surface area contributed by atoms with Gasteiger partial charge in [-0.2, -0.15) is 0 Å². The van der Waals surface area contributed by atoms with Crippen LogP contribution in [0.1, 0.15) is 34.2 Å². The molecule has 0 spiro atoms. The molecule has 1 aliphatic rings. The van der Waals surface area contributed by atoms with E-state index in [9.17, 15) is 4.79 Å². The second-order valence-corrected chi connectivity index (χ2v) is 8.29. The number of carbonyl (C=O) groups excluding carboxylic acids is 1. The van der Waals surface area contributed by atoms with E-state index in [2.05, 4.69) is 27.5 Å². The normalized spacial score (nSPS) is 15.2. The third-order valence-electron chi connectivity index (χ3n) is 6.02. The first kappa shape index (κ1) is 23.0. The maximum atomic E-state index is 12.7. The molecule has 3 aromatic rings. The van der Waals surface area contributed by atoms with Crippen molar-refractivity contribution in [3.05, 3.63) is 82.7 Å². The number of hydrogen-bond donors (Lipinski definition) is 1. The van der Waals surface area contributed by atoms with E-state index < -0.39 is 0 Å². The lowest BCUT2D eigenvalue weighted by molar-refractivity contribution is -0.120. The van der Waals surface area contributed by atoms with Crippen LogP contribution in [0.4, 0.5) is 0 Å². The minimum Gasteiger partial charge on any atom is -0.489 e. The highest BCUT2D eigenvalue weighted by molar-refractivity contribution is 5.78. The molecule has 33 heavy (non-hydrogen) atoms. The number of amides is 1. The molecule has 0 unspecified atom stereocenters. The molecule has 1 amide bonds. The Morgan fingerprint density at radius 2 is 1.82 bits per heavy atom. The van der Waals surface area contributed by atoms with Gasteiger partial charge in [0.05, 0.1) is 36.9 Å². The maximum Gasteiger partial charge on any atom is 0.224 e. The molecule has 1 N–H and O–H groups in total. The Kier molecular flexibility index (Phi) is 7.75. The summed E-state index contributed by atoms with van der Waals surface area (Å²) in [4.78, 5) is 15.0. The molecule has 7 nitrogen and oxygen atoms in total. The van der Waals surface area contributed by atoms with Crippen molar-refractivity contribution in [3.63, 3.8) is 0 Å². The fourth-order valence-electron chi connectivity index (χ4n) is 4.05. The zero-order valence-electron chi connectivity index (χ0n) is 19.3. The van der Waals surface area contributed by atoms with Crippen molar-refractivity contribution in [2.24, 2.45) is 0 Å². The minimum absolute atomic E-state index is 0.00794. The van der Waals surface area contributed by atoms with Crippen molar-refractivity contribution in [1.29, 1.82) is 0 Å². The third-order valence-corrected chi connectivity index (χ3v) is 6.02. The van der Waals surface area contributed by atoms with Crippen molar-refractivity contribution in [2.45, 2.75) is 32.9 Å². The Labute approximate surface area is 194 Å².